The Hall–Kier alpha value is -2.68. The number of rotatable bonds is 9. The number of aliphatic hydroxyl groups is 1. The molecule has 0 bridgehead atoms. The van der Waals surface area contributed by atoms with Crippen molar-refractivity contribution in [2.75, 3.05) is 33.4 Å². The highest BCUT2D eigenvalue weighted by atomic mass is 16.5. The highest BCUT2D eigenvalue weighted by molar-refractivity contribution is 5.88. The molecule has 1 unspecified atom stereocenters. The number of phenolic OH excluding ortho intramolecular Hbond substituents is 1. The van der Waals surface area contributed by atoms with Crippen molar-refractivity contribution in [3.05, 3.63) is 53.9 Å². The van der Waals surface area contributed by atoms with Gasteiger partial charge in [0.05, 0.1) is 18.4 Å². The standard InChI is InChI=1S/C22H29N3O5/c1-29-22(28)16-2-3-18(23-12-16)14-25-10-8-17(9-11-25)24-13-20(27)15-30-21-6-4-19(26)5-7-21/h2-7,12,17,20,24,26-27H,8-11,13-15H2,1H3. The number of esters is 1. The molecular weight excluding hydrogens is 386 g/mol. The molecule has 0 amide bonds. The predicted molar refractivity (Wildman–Crippen MR) is 111 cm³/mol. The van der Waals surface area contributed by atoms with Crippen molar-refractivity contribution in [2.45, 2.75) is 31.5 Å². The van der Waals surface area contributed by atoms with E-state index in [9.17, 15) is 15.0 Å². The van der Waals surface area contributed by atoms with E-state index < -0.39 is 6.10 Å². The van der Waals surface area contributed by atoms with E-state index in [0.29, 0.717) is 23.9 Å². The van der Waals surface area contributed by atoms with Gasteiger partial charge in [0.1, 0.15) is 24.2 Å². The fourth-order valence-electron chi connectivity index (χ4n) is 3.38. The molecule has 0 spiro atoms. The van der Waals surface area contributed by atoms with E-state index in [-0.39, 0.29) is 18.3 Å². The molecule has 8 nitrogen and oxygen atoms in total. The summed E-state index contributed by atoms with van der Waals surface area (Å²) in [7, 11) is 1.36. The molecule has 3 rings (SSSR count). The number of pyridine rings is 1. The van der Waals surface area contributed by atoms with Crippen LogP contribution in [0.4, 0.5) is 0 Å². The number of phenols is 1. The number of benzene rings is 1. The van der Waals surface area contributed by atoms with Crippen LogP contribution in [0.25, 0.3) is 0 Å². The van der Waals surface area contributed by atoms with Crippen molar-refractivity contribution in [1.29, 1.82) is 0 Å². The van der Waals surface area contributed by atoms with Crippen LogP contribution < -0.4 is 10.1 Å². The summed E-state index contributed by atoms with van der Waals surface area (Å²) in [6.07, 6.45) is 2.93. The molecule has 1 fully saturated rings. The van der Waals surface area contributed by atoms with Gasteiger partial charge in [0.15, 0.2) is 0 Å². The average Bonchev–Trinajstić information content (AvgIpc) is 2.78. The largest absolute Gasteiger partial charge is 0.508 e. The Bertz CT molecular complexity index is 789. The van der Waals surface area contributed by atoms with E-state index >= 15 is 0 Å². The van der Waals surface area contributed by atoms with E-state index in [1.54, 1.807) is 36.5 Å². The lowest BCUT2D eigenvalue weighted by Gasteiger charge is -2.32. The van der Waals surface area contributed by atoms with Crippen LogP contribution in [-0.2, 0) is 11.3 Å². The van der Waals surface area contributed by atoms with Crippen molar-refractivity contribution < 1.29 is 24.5 Å². The van der Waals surface area contributed by atoms with Gasteiger partial charge in [-0.1, -0.05) is 0 Å². The Labute approximate surface area is 176 Å². The van der Waals surface area contributed by atoms with Gasteiger partial charge in [0.25, 0.3) is 0 Å². The minimum atomic E-state index is -0.602. The van der Waals surface area contributed by atoms with Crippen molar-refractivity contribution in [1.82, 2.24) is 15.2 Å². The number of likely N-dealkylation sites (tertiary alicyclic amines) is 1. The first-order valence-electron chi connectivity index (χ1n) is 10.1. The fourth-order valence-corrected chi connectivity index (χ4v) is 3.38. The number of carbonyl (C=O) groups is 1. The van der Waals surface area contributed by atoms with Crippen molar-refractivity contribution in [2.24, 2.45) is 0 Å². The van der Waals surface area contributed by atoms with E-state index in [0.717, 1.165) is 38.2 Å². The topological polar surface area (TPSA) is 104 Å². The second-order valence-electron chi connectivity index (χ2n) is 7.45. The number of nitrogens with zero attached hydrogens (tertiary/aromatic N) is 2. The smallest absolute Gasteiger partial charge is 0.339 e. The molecule has 162 valence electrons. The normalized spacial score (nSPS) is 16.2. The predicted octanol–water partition coefficient (Wildman–Crippen LogP) is 1.57. The van der Waals surface area contributed by atoms with Gasteiger partial charge < -0.3 is 25.0 Å². The maximum atomic E-state index is 11.5. The summed E-state index contributed by atoms with van der Waals surface area (Å²) in [6, 6.07) is 10.4. The fraction of sp³-hybridized carbons (Fsp3) is 0.455. The third-order valence-corrected chi connectivity index (χ3v) is 5.14. The van der Waals surface area contributed by atoms with Crippen LogP contribution in [0.1, 0.15) is 28.9 Å². The molecule has 0 aliphatic carbocycles. The molecule has 0 saturated carbocycles. The van der Waals surface area contributed by atoms with Gasteiger partial charge in [-0.15, -0.1) is 0 Å². The number of piperidine rings is 1. The van der Waals surface area contributed by atoms with Crippen molar-refractivity contribution in [3.8, 4) is 11.5 Å². The van der Waals surface area contributed by atoms with Crippen molar-refractivity contribution in [3.63, 3.8) is 0 Å². The highest BCUT2D eigenvalue weighted by Crippen LogP contribution is 2.16. The van der Waals surface area contributed by atoms with Gasteiger partial charge in [-0.05, 0) is 49.2 Å². The Morgan fingerprint density at radius 3 is 2.60 bits per heavy atom. The number of carbonyl (C=O) groups excluding carboxylic acids is 1. The van der Waals surface area contributed by atoms with Gasteiger partial charge in [-0.25, -0.2) is 4.79 Å². The van der Waals surface area contributed by atoms with Crippen molar-refractivity contribution >= 4 is 5.97 Å². The van der Waals surface area contributed by atoms with Crippen LogP contribution in [0, 0.1) is 0 Å². The van der Waals surface area contributed by atoms with Crippen LogP contribution in [0.2, 0.25) is 0 Å². The Balaban J connectivity index is 1.33. The summed E-state index contributed by atoms with van der Waals surface area (Å²) in [5.41, 5.74) is 1.38. The number of aromatic hydroxyl groups is 1. The lowest BCUT2D eigenvalue weighted by molar-refractivity contribution is 0.0600. The number of hydrogen-bond donors (Lipinski definition) is 3. The zero-order valence-corrected chi connectivity index (χ0v) is 17.2. The number of hydrogen-bond acceptors (Lipinski definition) is 8. The van der Waals surface area contributed by atoms with Gasteiger partial charge in [-0.2, -0.15) is 0 Å². The molecule has 2 aromatic rings. The highest BCUT2D eigenvalue weighted by Gasteiger charge is 2.20. The van der Waals surface area contributed by atoms with Gasteiger partial charge in [-0.3, -0.25) is 9.88 Å². The summed E-state index contributed by atoms with van der Waals surface area (Å²) < 4.78 is 10.2. The van der Waals surface area contributed by atoms with Gasteiger partial charge in [0.2, 0.25) is 0 Å². The second kappa shape index (κ2) is 10.9. The third-order valence-electron chi connectivity index (χ3n) is 5.14. The van der Waals surface area contributed by atoms with Crippen LogP contribution >= 0.6 is 0 Å². The van der Waals surface area contributed by atoms with E-state index in [4.69, 9.17) is 4.74 Å². The third kappa shape index (κ3) is 6.69. The molecule has 1 aromatic carbocycles. The Morgan fingerprint density at radius 1 is 1.23 bits per heavy atom. The van der Waals surface area contributed by atoms with Crippen LogP contribution in [0.3, 0.4) is 0 Å². The molecule has 2 heterocycles. The Kier molecular flexibility index (Phi) is 8.01. The molecule has 3 N–H and O–H groups in total. The lowest BCUT2D eigenvalue weighted by Crippen LogP contribution is -2.45. The molecule has 8 heteroatoms. The molecule has 1 atom stereocenters. The zero-order chi connectivity index (χ0) is 21.3. The van der Waals surface area contributed by atoms with Crippen LogP contribution in [0.15, 0.2) is 42.6 Å². The minimum Gasteiger partial charge on any atom is -0.508 e. The number of ether oxygens (including phenoxy) is 2. The molecule has 1 aliphatic heterocycles. The number of aromatic nitrogens is 1. The van der Waals surface area contributed by atoms with Gasteiger partial charge in [0, 0.05) is 38.4 Å². The summed E-state index contributed by atoms with van der Waals surface area (Å²) >= 11 is 0. The monoisotopic (exact) mass is 415 g/mol. The summed E-state index contributed by atoms with van der Waals surface area (Å²) in [6.45, 7) is 3.30. The average molecular weight is 415 g/mol. The maximum Gasteiger partial charge on any atom is 0.339 e. The van der Waals surface area contributed by atoms with Gasteiger partial charge >= 0.3 is 5.97 Å². The SMILES string of the molecule is COC(=O)c1ccc(CN2CCC(NCC(O)COc3ccc(O)cc3)CC2)nc1. The number of aliphatic hydroxyl groups excluding tert-OH is 1. The molecular formula is C22H29N3O5. The van der Waals surface area contributed by atoms with Crippen LogP contribution in [0.5, 0.6) is 11.5 Å². The first kappa shape index (κ1) is 22.0. The maximum absolute atomic E-state index is 11.5. The summed E-state index contributed by atoms with van der Waals surface area (Å²) in [4.78, 5) is 18.2. The molecule has 0 radical (unpaired) electrons. The Morgan fingerprint density at radius 2 is 1.97 bits per heavy atom. The number of nitrogens with one attached hydrogen (secondary N) is 1. The van der Waals surface area contributed by atoms with E-state index in [1.165, 1.54) is 7.11 Å². The molecule has 1 aromatic heterocycles. The molecule has 1 saturated heterocycles. The minimum absolute atomic E-state index is 0.185. The zero-order valence-electron chi connectivity index (χ0n) is 17.2. The molecule has 30 heavy (non-hydrogen) atoms. The second-order valence-corrected chi connectivity index (χ2v) is 7.45. The van der Waals surface area contributed by atoms with E-state index in [1.807, 2.05) is 6.07 Å². The first-order chi connectivity index (χ1) is 14.5. The van der Waals surface area contributed by atoms with Crippen LogP contribution in [-0.4, -0.2) is 71.6 Å². The first-order valence-corrected chi connectivity index (χ1v) is 10.1. The summed E-state index contributed by atoms with van der Waals surface area (Å²) in [5, 5.41) is 22.8. The summed E-state index contributed by atoms with van der Waals surface area (Å²) in [5.74, 6) is 0.426. The lowest BCUT2D eigenvalue weighted by atomic mass is 10.0. The molecule has 1 aliphatic rings. The van der Waals surface area contributed by atoms with E-state index in [2.05, 4.69) is 19.9 Å². The quantitative estimate of drug-likeness (QED) is 0.530. The number of methoxy groups -OCH3 is 1.